The number of halogens is 1. The normalized spacial score (nSPS) is 21.1. The SMILES string of the molecule is N#C[C@@H]1CCC[C@@H](NCCNC(=O)Cc2cccc(F)c2)C1. The highest BCUT2D eigenvalue weighted by Crippen LogP contribution is 2.23. The van der Waals surface area contributed by atoms with E-state index in [1.165, 1.54) is 12.1 Å². The van der Waals surface area contributed by atoms with Gasteiger partial charge in [0, 0.05) is 25.0 Å². The minimum absolute atomic E-state index is 0.106. The summed E-state index contributed by atoms with van der Waals surface area (Å²) in [5.41, 5.74) is 0.676. The van der Waals surface area contributed by atoms with Crippen LogP contribution in [-0.4, -0.2) is 25.0 Å². The summed E-state index contributed by atoms with van der Waals surface area (Å²) in [6, 6.07) is 8.80. The average Bonchev–Trinajstić information content (AvgIpc) is 2.52. The molecule has 1 aromatic carbocycles. The largest absolute Gasteiger partial charge is 0.355 e. The van der Waals surface area contributed by atoms with Gasteiger partial charge in [0.25, 0.3) is 0 Å². The molecule has 1 amide bonds. The highest BCUT2D eigenvalue weighted by atomic mass is 19.1. The lowest BCUT2D eigenvalue weighted by Crippen LogP contribution is -2.39. The van der Waals surface area contributed by atoms with Gasteiger partial charge in [-0.05, 0) is 37.0 Å². The molecule has 1 aliphatic carbocycles. The average molecular weight is 303 g/mol. The van der Waals surface area contributed by atoms with Gasteiger partial charge in [0.15, 0.2) is 0 Å². The van der Waals surface area contributed by atoms with Crippen LogP contribution in [-0.2, 0) is 11.2 Å². The molecule has 1 aromatic rings. The molecule has 4 nitrogen and oxygen atoms in total. The van der Waals surface area contributed by atoms with Crippen molar-refractivity contribution in [3.8, 4) is 6.07 Å². The van der Waals surface area contributed by atoms with E-state index >= 15 is 0 Å². The van der Waals surface area contributed by atoms with Crippen molar-refractivity contribution in [1.29, 1.82) is 5.26 Å². The molecule has 2 atom stereocenters. The minimum atomic E-state index is -0.323. The number of carbonyl (C=O) groups excluding carboxylic acids is 1. The van der Waals surface area contributed by atoms with Crippen LogP contribution in [0.5, 0.6) is 0 Å². The fourth-order valence-corrected chi connectivity index (χ4v) is 2.87. The van der Waals surface area contributed by atoms with Crippen LogP contribution in [0.25, 0.3) is 0 Å². The van der Waals surface area contributed by atoms with Crippen molar-refractivity contribution in [1.82, 2.24) is 10.6 Å². The summed E-state index contributed by atoms with van der Waals surface area (Å²) < 4.78 is 13.0. The highest BCUT2D eigenvalue weighted by molar-refractivity contribution is 5.78. The van der Waals surface area contributed by atoms with Crippen LogP contribution in [0, 0.1) is 23.1 Å². The van der Waals surface area contributed by atoms with Gasteiger partial charge in [0.1, 0.15) is 5.82 Å². The first kappa shape index (κ1) is 16.4. The van der Waals surface area contributed by atoms with Crippen LogP contribution >= 0.6 is 0 Å². The molecule has 5 heteroatoms. The Balaban J connectivity index is 1.62. The fraction of sp³-hybridized carbons (Fsp3) is 0.529. The lowest BCUT2D eigenvalue weighted by atomic mass is 9.87. The number of carbonyl (C=O) groups is 1. The quantitative estimate of drug-likeness (QED) is 0.792. The third-order valence-corrected chi connectivity index (χ3v) is 3.99. The van der Waals surface area contributed by atoms with E-state index in [9.17, 15) is 9.18 Å². The minimum Gasteiger partial charge on any atom is -0.355 e. The van der Waals surface area contributed by atoms with Gasteiger partial charge in [-0.3, -0.25) is 4.79 Å². The first-order chi connectivity index (χ1) is 10.7. The molecule has 118 valence electrons. The van der Waals surface area contributed by atoms with Crippen LogP contribution in [0.15, 0.2) is 24.3 Å². The lowest BCUT2D eigenvalue weighted by Gasteiger charge is -2.26. The van der Waals surface area contributed by atoms with Crippen LogP contribution in [0.1, 0.15) is 31.2 Å². The van der Waals surface area contributed by atoms with Crippen molar-refractivity contribution in [2.75, 3.05) is 13.1 Å². The van der Waals surface area contributed by atoms with Gasteiger partial charge in [0.05, 0.1) is 12.5 Å². The molecule has 0 aliphatic heterocycles. The standard InChI is InChI=1S/C17H22FN3O/c18-15-5-1-3-13(9-15)11-17(22)21-8-7-20-16-6-2-4-14(10-16)12-19/h1,3,5,9,14,16,20H,2,4,6-8,10-11H2,(H,21,22)/t14-,16-/m1/s1. The third kappa shape index (κ3) is 5.45. The lowest BCUT2D eigenvalue weighted by molar-refractivity contribution is -0.120. The predicted molar refractivity (Wildman–Crippen MR) is 82.5 cm³/mol. The Morgan fingerprint density at radius 1 is 1.36 bits per heavy atom. The maximum Gasteiger partial charge on any atom is 0.224 e. The topological polar surface area (TPSA) is 64.9 Å². The maximum absolute atomic E-state index is 13.0. The van der Waals surface area contributed by atoms with Crippen LogP contribution < -0.4 is 10.6 Å². The molecule has 2 N–H and O–H groups in total. The van der Waals surface area contributed by atoms with E-state index in [4.69, 9.17) is 5.26 Å². The predicted octanol–water partition coefficient (Wildman–Crippen LogP) is 2.16. The van der Waals surface area contributed by atoms with E-state index in [1.54, 1.807) is 12.1 Å². The third-order valence-electron chi connectivity index (χ3n) is 3.99. The van der Waals surface area contributed by atoms with E-state index in [1.807, 2.05) is 0 Å². The summed E-state index contributed by atoms with van der Waals surface area (Å²) in [6.45, 7) is 1.24. The summed E-state index contributed by atoms with van der Waals surface area (Å²) >= 11 is 0. The second-order valence-electron chi connectivity index (χ2n) is 5.80. The molecule has 0 heterocycles. The van der Waals surface area contributed by atoms with Crippen molar-refractivity contribution in [3.63, 3.8) is 0 Å². The molecule has 0 spiro atoms. The molecule has 1 saturated carbocycles. The first-order valence-electron chi connectivity index (χ1n) is 7.81. The molecular weight excluding hydrogens is 281 g/mol. The number of rotatable bonds is 6. The van der Waals surface area contributed by atoms with Crippen molar-refractivity contribution < 1.29 is 9.18 Å². The molecule has 22 heavy (non-hydrogen) atoms. The van der Waals surface area contributed by atoms with E-state index < -0.39 is 0 Å². The number of nitriles is 1. The molecule has 0 bridgehead atoms. The highest BCUT2D eigenvalue weighted by Gasteiger charge is 2.20. The van der Waals surface area contributed by atoms with Gasteiger partial charge >= 0.3 is 0 Å². The number of benzene rings is 1. The molecule has 0 radical (unpaired) electrons. The Morgan fingerprint density at radius 3 is 3.00 bits per heavy atom. The fourth-order valence-electron chi connectivity index (χ4n) is 2.87. The summed E-state index contributed by atoms with van der Waals surface area (Å²) in [4.78, 5) is 11.8. The molecule has 0 aromatic heterocycles. The molecular formula is C17H22FN3O. The Morgan fingerprint density at radius 2 is 2.23 bits per heavy atom. The van der Waals surface area contributed by atoms with Crippen molar-refractivity contribution >= 4 is 5.91 Å². The van der Waals surface area contributed by atoms with Gasteiger partial charge in [-0.2, -0.15) is 5.26 Å². The summed E-state index contributed by atoms with van der Waals surface area (Å²) in [5.74, 6) is -0.268. The van der Waals surface area contributed by atoms with Gasteiger partial charge in [0.2, 0.25) is 5.91 Å². The second-order valence-corrected chi connectivity index (χ2v) is 5.80. The summed E-state index contributed by atoms with van der Waals surface area (Å²) in [7, 11) is 0. The molecule has 2 rings (SSSR count). The van der Waals surface area contributed by atoms with Gasteiger partial charge in [-0.25, -0.2) is 4.39 Å². The number of nitrogens with zero attached hydrogens (tertiary/aromatic N) is 1. The van der Waals surface area contributed by atoms with E-state index in [0.717, 1.165) is 25.7 Å². The number of hydrogen-bond donors (Lipinski definition) is 2. The Bertz CT molecular complexity index is 541. The zero-order valence-electron chi connectivity index (χ0n) is 12.6. The monoisotopic (exact) mass is 303 g/mol. The number of amides is 1. The summed E-state index contributed by atoms with van der Waals surface area (Å²) in [5, 5.41) is 15.2. The van der Waals surface area contributed by atoms with Gasteiger partial charge in [-0.1, -0.05) is 18.6 Å². The molecule has 1 fully saturated rings. The van der Waals surface area contributed by atoms with Crippen LogP contribution in [0.2, 0.25) is 0 Å². The summed E-state index contributed by atoms with van der Waals surface area (Å²) in [6.07, 6.45) is 4.27. The van der Waals surface area contributed by atoms with Crippen molar-refractivity contribution in [2.24, 2.45) is 5.92 Å². The zero-order chi connectivity index (χ0) is 15.8. The van der Waals surface area contributed by atoms with Crippen LogP contribution in [0.3, 0.4) is 0 Å². The second kappa shape index (κ2) is 8.50. The smallest absolute Gasteiger partial charge is 0.224 e. The van der Waals surface area contributed by atoms with E-state index in [2.05, 4.69) is 16.7 Å². The molecule has 0 saturated heterocycles. The Kier molecular flexibility index (Phi) is 6.35. The number of nitrogens with one attached hydrogen (secondary N) is 2. The van der Waals surface area contributed by atoms with Gasteiger partial charge in [-0.15, -0.1) is 0 Å². The maximum atomic E-state index is 13.0. The van der Waals surface area contributed by atoms with Crippen LogP contribution in [0.4, 0.5) is 4.39 Å². The van der Waals surface area contributed by atoms with E-state index in [-0.39, 0.29) is 24.1 Å². The first-order valence-corrected chi connectivity index (χ1v) is 7.81. The van der Waals surface area contributed by atoms with E-state index in [0.29, 0.717) is 24.7 Å². The van der Waals surface area contributed by atoms with Crippen molar-refractivity contribution in [3.05, 3.63) is 35.6 Å². The molecule has 1 aliphatic rings. The van der Waals surface area contributed by atoms with Gasteiger partial charge < -0.3 is 10.6 Å². The Hall–Kier alpha value is -1.93. The van der Waals surface area contributed by atoms with Crippen molar-refractivity contribution in [2.45, 2.75) is 38.1 Å². The number of hydrogen-bond acceptors (Lipinski definition) is 3. The molecule has 0 unspecified atom stereocenters. The zero-order valence-corrected chi connectivity index (χ0v) is 12.6. The Labute approximate surface area is 130 Å².